The molecule has 5 rings (SSSR count). The first-order chi connectivity index (χ1) is 16.2. The summed E-state index contributed by atoms with van der Waals surface area (Å²) in [6.07, 6.45) is -1.18. The van der Waals surface area contributed by atoms with E-state index in [0.717, 1.165) is 51.0 Å². The van der Waals surface area contributed by atoms with Crippen LogP contribution in [0.15, 0.2) is 29.4 Å². The number of nitrogens with two attached hydrogens (primary N) is 1. The van der Waals surface area contributed by atoms with Gasteiger partial charge < -0.3 is 5.73 Å². The molecule has 4 fully saturated rings. The molecule has 2 unspecified atom stereocenters. The van der Waals surface area contributed by atoms with E-state index in [4.69, 9.17) is 5.73 Å². The number of nitrogens with zero attached hydrogens (tertiary/aromatic N) is 3. The Kier molecular flexibility index (Phi) is 5.75. The zero-order valence-electron chi connectivity index (χ0n) is 20.6. The molecule has 0 radical (unpaired) electrons. The number of alkyl halides is 3. The predicted molar refractivity (Wildman–Crippen MR) is 129 cm³/mol. The van der Waals surface area contributed by atoms with E-state index < -0.39 is 21.6 Å². The van der Waals surface area contributed by atoms with E-state index in [1.165, 1.54) is 6.07 Å². The molecule has 2 heterocycles. The van der Waals surface area contributed by atoms with Crippen LogP contribution in [0, 0.1) is 23.2 Å². The largest absolute Gasteiger partial charge is 0.416 e. The molecule has 0 bridgehead atoms. The molecule has 1 aromatic carbocycles. The van der Waals surface area contributed by atoms with Crippen LogP contribution in [0.3, 0.4) is 0 Å². The third-order valence-corrected chi connectivity index (χ3v) is 10.6. The third-order valence-electron chi connectivity index (χ3n) is 8.51. The van der Waals surface area contributed by atoms with Crippen molar-refractivity contribution in [3.63, 3.8) is 0 Å². The summed E-state index contributed by atoms with van der Waals surface area (Å²) < 4.78 is 62.7. The fourth-order valence-corrected chi connectivity index (χ4v) is 8.88. The van der Waals surface area contributed by atoms with Crippen molar-refractivity contribution < 1.29 is 21.6 Å². The number of halogens is 3. The van der Waals surface area contributed by atoms with Crippen LogP contribution in [0.5, 0.6) is 0 Å². The maximum Gasteiger partial charge on any atom is 0.416 e. The first kappa shape index (κ1) is 24.9. The zero-order chi connectivity index (χ0) is 25.4. The Labute approximate surface area is 205 Å². The van der Waals surface area contributed by atoms with Crippen LogP contribution in [0.4, 0.5) is 13.2 Å². The molecule has 2 saturated heterocycles. The smallest absolute Gasteiger partial charge is 0.382 e. The molecule has 0 aromatic heterocycles. The highest BCUT2D eigenvalue weighted by Crippen LogP contribution is 2.60. The molecule has 1 aromatic rings. The van der Waals surface area contributed by atoms with Gasteiger partial charge in [0.15, 0.2) is 15.7 Å². The summed E-state index contributed by atoms with van der Waals surface area (Å²) in [5.41, 5.74) is 5.39. The summed E-state index contributed by atoms with van der Waals surface area (Å²) in [5.74, 6) is 2.54. The molecule has 10 heteroatoms. The highest BCUT2D eigenvalue weighted by molar-refractivity contribution is 7.92. The van der Waals surface area contributed by atoms with Crippen LogP contribution >= 0.6 is 0 Å². The number of amidine groups is 1. The van der Waals surface area contributed by atoms with Crippen molar-refractivity contribution in [1.29, 1.82) is 0 Å². The third kappa shape index (κ3) is 4.92. The Morgan fingerprint density at radius 2 is 1.86 bits per heavy atom. The summed E-state index contributed by atoms with van der Waals surface area (Å²) in [6, 6.07) is 5.53. The number of hydrogen-bond acceptors (Lipinski definition) is 5. The minimum absolute atomic E-state index is 0.00368. The fraction of sp³-hybridized carbons (Fsp3) is 0.720. The first-order valence-corrected chi connectivity index (χ1v) is 14.2. The maximum atomic E-state index is 13.1. The van der Waals surface area contributed by atoms with Crippen LogP contribution in [0.2, 0.25) is 0 Å². The Bertz CT molecular complexity index is 1100. The molecule has 2 aliphatic carbocycles. The van der Waals surface area contributed by atoms with Crippen molar-refractivity contribution in [2.24, 2.45) is 34.0 Å². The quantitative estimate of drug-likeness (QED) is 0.371. The van der Waals surface area contributed by atoms with Gasteiger partial charge in [-0.3, -0.25) is 9.91 Å². The Balaban J connectivity index is 1.20. The highest BCUT2D eigenvalue weighted by atomic mass is 32.2. The van der Waals surface area contributed by atoms with E-state index >= 15 is 0 Å². The maximum absolute atomic E-state index is 13.1. The van der Waals surface area contributed by atoms with E-state index in [1.54, 1.807) is 6.07 Å². The molecule has 2 saturated carbocycles. The average molecular weight is 513 g/mol. The first-order valence-electron chi connectivity index (χ1n) is 12.4. The predicted octanol–water partition coefficient (Wildman–Crippen LogP) is 3.57. The molecule has 35 heavy (non-hydrogen) atoms. The van der Waals surface area contributed by atoms with Crippen molar-refractivity contribution in [3.05, 3.63) is 35.4 Å². The normalized spacial score (nSPS) is 31.9. The number of hydrazone groups is 1. The van der Waals surface area contributed by atoms with Crippen molar-refractivity contribution in [2.45, 2.75) is 57.8 Å². The van der Waals surface area contributed by atoms with Gasteiger partial charge in [0.25, 0.3) is 0 Å². The Morgan fingerprint density at radius 1 is 1.20 bits per heavy atom. The SMILES string of the molecule is CC(C)(C)N(CC1[C@H]2CC(N3CCC4(C3)CS(=O)(=O)C4)C[C@@H]12)/N=C(\N)c1cccc(C(F)(F)F)c1. The van der Waals surface area contributed by atoms with Crippen molar-refractivity contribution in [3.8, 4) is 0 Å². The molecule has 4 aliphatic rings. The molecule has 194 valence electrons. The van der Waals surface area contributed by atoms with Gasteiger partial charge in [-0.2, -0.15) is 18.3 Å². The number of hydrogen-bond donors (Lipinski definition) is 1. The van der Waals surface area contributed by atoms with E-state index in [2.05, 4.69) is 10.0 Å². The molecule has 2 aliphatic heterocycles. The lowest BCUT2D eigenvalue weighted by Gasteiger charge is -2.38. The fourth-order valence-electron chi connectivity index (χ4n) is 6.63. The molecule has 0 amide bonds. The number of rotatable bonds is 5. The lowest BCUT2D eigenvalue weighted by Crippen LogP contribution is -2.50. The number of benzene rings is 1. The second kappa shape index (κ2) is 8.10. The molecule has 6 nitrogen and oxygen atoms in total. The summed E-state index contributed by atoms with van der Waals surface area (Å²) in [4.78, 5) is 2.52. The van der Waals surface area contributed by atoms with Crippen LogP contribution in [-0.2, 0) is 16.0 Å². The average Bonchev–Trinajstić information content (AvgIpc) is 3.07. The number of likely N-dealkylation sites (tertiary alicyclic amines) is 1. The van der Waals surface area contributed by atoms with Crippen LogP contribution in [0.1, 0.15) is 51.2 Å². The summed E-state index contributed by atoms with van der Waals surface area (Å²) in [5, 5.41) is 6.52. The molecular formula is C25H35F3N4O2S. The molecular weight excluding hydrogens is 477 g/mol. The van der Waals surface area contributed by atoms with Crippen LogP contribution in [-0.4, -0.2) is 66.9 Å². The van der Waals surface area contributed by atoms with Gasteiger partial charge in [0, 0.05) is 35.6 Å². The highest BCUT2D eigenvalue weighted by Gasteiger charge is 2.60. The van der Waals surface area contributed by atoms with Gasteiger partial charge in [-0.05, 0) is 76.5 Å². The Hall–Kier alpha value is -1.81. The van der Waals surface area contributed by atoms with Gasteiger partial charge in [-0.1, -0.05) is 12.1 Å². The van der Waals surface area contributed by atoms with Gasteiger partial charge in [0.05, 0.1) is 17.1 Å². The van der Waals surface area contributed by atoms with E-state index in [9.17, 15) is 21.6 Å². The van der Waals surface area contributed by atoms with Gasteiger partial charge in [-0.15, -0.1) is 0 Å². The zero-order valence-corrected chi connectivity index (χ0v) is 21.4. The molecule has 2 N–H and O–H groups in total. The van der Waals surface area contributed by atoms with Crippen molar-refractivity contribution >= 4 is 15.7 Å². The number of sulfone groups is 1. The number of fused-ring (bicyclic) bond motifs is 1. The summed E-state index contributed by atoms with van der Waals surface area (Å²) >= 11 is 0. The topological polar surface area (TPSA) is 79.0 Å². The lowest BCUT2D eigenvalue weighted by atomic mass is 9.91. The second-order valence-corrected chi connectivity index (χ2v) is 14.3. The van der Waals surface area contributed by atoms with Gasteiger partial charge >= 0.3 is 6.18 Å². The molecule has 4 atom stereocenters. The van der Waals surface area contributed by atoms with E-state index in [1.807, 2.05) is 25.8 Å². The monoisotopic (exact) mass is 512 g/mol. The minimum Gasteiger partial charge on any atom is -0.382 e. The van der Waals surface area contributed by atoms with Crippen molar-refractivity contribution in [1.82, 2.24) is 9.91 Å². The summed E-state index contributed by atoms with van der Waals surface area (Å²) in [6.45, 7) is 8.74. The van der Waals surface area contributed by atoms with Gasteiger partial charge in [0.2, 0.25) is 0 Å². The van der Waals surface area contributed by atoms with Gasteiger partial charge in [0.1, 0.15) is 0 Å². The second-order valence-electron chi connectivity index (χ2n) is 12.2. The minimum atomic E-state index is -4.43. The Morgan fingerprint density at radius 3 is 2.43 bits per heavy atom. The van der Waals surface area contributed by atoms with Gasteiger partial charge in [-0.25, -0.2) is 8.42 Å². The molecule has 1 spiro atoms. The van der Waals surface area contributed by atoms with Crippen LogP contribution in [0.25, 0.3) is 0 Å². The van der Waals surface area contributed by atoms with E-state index in [0.29, 0.717) is 35.3 Å². The standard InChI is InChI=1S/C25H35F3N4O2S/c1-23(2,3)32(30-22(29)16-5-4-6-17(9-16)25(26,27)28)12-21-19-10-18(11-20(19)21)31-8-7-24(13-31)14-35(33,34)15-24/h4-6,9,18-21H,7-8,10-15H2,1-3H3,(H2,29,30)/t18?,19-,20+,21?. The van der Waals surface area contributed by atoms with Crippen LogP contribution < -0.4 is 5.73 Å². The van der Waals surface area contributed by atoms with Crippen molar-refractivity contribution in [2.75, 3.05) is 31.1 Å². The summed E-state index contributed by atoms with van der Waals surface area (Å²) in [7, 11) is -2.81. The van der Waals surface area contributed by atoms with E-state index in [-0.39, 0.29) is 22.4 Å². The lowest BCUT2D eigenvalue weighted by molar-refractivity contribution is -0.137.